The number of likely N-dealkylation sites (N-methyl/N-ethyl adjacent to an activating group) is 1. The number of amides is 2. The Hall–Kier alpha value is -1.55. The number of methoxy groups -OCH3 is 1. The van der Waals surface area contributed by atoms with Gasteiger partial charge >= 0.3 is 6.03 Å². The van der Waals surface area contributed by atoms with Crippen LogP contribution in [0.25, 0.3) is 0 Å². The van der Waals surface area contributed by atoms with Crippen molar-refractivity contribution < 1.29 is 27.8 Å². The molecule has 2 amide bonds. The molecule has 3 rings (SSSR count). The molecule has 2 aliphatic rings. The molecular formula is C28H43ClF3N3O3. The number of carbonyl (C=O) groups excluding carboxylic acids is 1. The molecule has 3 N–H and O–H groups in total. The normalized spacial score (nSPS) is 24.6. The number of nitrogens with zero attached hydrogens (tertiary/aromatic N) is 1. The quantitative estimate of drug-likeness (QED) is 0.231. The molecule has 216 valence electrons. The van der Waals surface area contributed by atoms with Gasteiger partial charge in [-0.15, -0.1) is 0 Å². The van der Waals surface area contributed by atoms with Crippen molar-refractivity contribution in [2.24, 2.45) is 11.8 Å². The Morgan fingerprint density at radius 3 is 2.66 bits per heavy atom. The van der Waals surface area contributed by atoms with Crippen molar-refractivity contribution in [1.29, 1.82) is 0 Å². The summed E-state index contributed by atoms with van der Waals surface area (Å²) in [4.78, 5) is 15.0. The van der Waals surface area contributed by atoms with E-state index in [0.29, 0.717) is 64.1 Å². The second-order valence-corrected chi connectivity index (χ2v) is 11.3. The van der Waals surface area contributed by atoms with Crippen molar-refractivity contribution in [2.75, 3.05) is 40.4 Å². The molecule has 0 aromatic heterocycles. The van der Waals surface area contributed by atoms with Gasteiger partial charge in [0.1, 0.15) is 17.0 Å². The van der Waals surface area contributed by atoms with E-state index in [1.165, 1.54) is 6.07 Å². The summed E-state index contributed by atoms with van der Waals surface area (Å²) in [6.45, 7) is 1.86. The number of likely N-dealkylation sites (tertiary alicyclic amines) is 1. The number of piperidine rings is 1. The van der Waals surface area contributed by atoms with Crippen molar-refractivity contribution in [3.05, 3.63) is 34.4 Å². The predicted octanol–water partition coefficient (Wildman–Crippen LogP) is 5.55. The molecule has 0 spiro atoms. The lowest BCUT2D eigenvalue weighted by molar-refractivity contribution is -0.0588. The Labute approximate surface area is 229 Å². The van der Waals surface area contributed by atoms with Crippen LogP contribution >= 0.6 is 11.6 Å². The van der Waals surface area contributed by atoms with E-state index in [2.05, 4.69) is 10.6 Å². The highest BCUT2D eigenvalue weighted by Gasteiger charge is 2.43. The summed E-state index contributed by atoms with van der Waals surface area (Å²) >= 11 is 5.88. The molecule has 1 aromatic rings. The van der Waals surface area contributed by atoms with Gasteiger partial charge in [0, 0.05) is 50.9 Å². The number of urea groups is 1. The number of unbranched alkanes of at least 4 members (excludes halogenated alkanes) is 1. The summed E-state index contributed by atoms with van der Waals surface area (Å²) in [6, 6.07) is 2.01. The summed E-state index contributed by atoms with van der Waals surface area (Å²) < 4.78 is 47.8. The van der Waals surface area contributed by atoms with Crippen LogP contribution in [-0.4, -0.2) is 68.6 Å². The highest BCUT2D eigenvalue weighted by Crippen LogP contribution is 2.42. The van der Waals surface area contributed by atoms with Gasteiger partial charge in [-0.25, -0.2) is 18.0 Å². The van der Waals surface area contributed by atoms with E-state index >= 15 is 4.39 Å². The average molecular weight is 562 g/mol. The van der Waals surface area contributed by atoms with Crippen LogP contribution < -0.4 is 10.6 Å². The molecule has 1 saturated carbocycles. The highest BCUT2D eigenvalue weighted by atomic mass is 35.5. The molecule has 1 aromatic carbocycles. The zero-order valence-electron chi connectivity index (χ0n) is 22.6. The van der Waals surface area contributed by atoms with Crippen LogP contribution in [0.5, 0.6) is 0 Å². The number of alkyl halides is 1. The van der Waals surface area contributed by atoms with E-state index in [1.54, 1.807) is 12.0 Å². The van der Waals surface area contributed by atoms with Crippen molar-refractivity contribution >= 4 is 17.6 Å². The zero-order valence-corrected chi connectivity index (χ0v) is 23.3. The SMILES string of the molecule is CNC[C@H](C[C@H]1CC[C@H](F)CC1)NC(=O)N1CCC[C@@H]([C@@](O)(CCCCOC)c2ccc(F)c(Cl)c2F)C1. The average Bonchev–Trinajstić information content (AvgIpc) is 2.91. The highest BCUT2D eigenvalue weighted by molar-refractivity contribution is 6.31. The minimum Gasteiger partial charge on any atom is -0.385 e. The van der Waals surface area contributed by atoms with E-state index in [4.69, 9.17) is 16.3 Å². The van der Waals surface area contributed by atoms with E-state index in [1.807, 2.05) is 7.05 Å². The van der Waals surface area contributed by atoms with Crippen LogP contribution in [0, 0.1) is 23.5 Å². The maximum atomic E-state index is 15.2. The molecule has 1 aliphatic carbocycles. The number of rotatable bonds is 12. The second kappa shape index (κ2) is 14.7. The number of benzene rings is 1. The fraction of sp³-hybridized carbons (Fsp3) is 0.750. The van der Waals surface area contributed by atoms with E-state index in [9.17, 15) is 18.7 Å². The smallest absolute Gasteiger partial charge is 0.317 e. The number of hydrogen-bond donors (Lipinski definition) is 3. The molecule has 6 nitrogen and oxygen atoms in total. The zero-order chi connectivity index (χ0) is 27.7. The Morgan fingerprint density at radius 1 is 1.24 bits per heavy atom. The van der Waals surface area contributed by atoms with Crippen LogP contribution in [0.2, 0.25) is 5.02 Å². The first-order valence-electron chi connectivity index (χ1n) is 13.9. The summed E-state index contributed by atoms with van der Waals surface area (Å²) in [5, 5.41) is 17.6. The standard InChI is InChI=1S/C28H43ClF3N3O3/c1-33-17-22(16-19-7-9-21(30)10-8-19)34-27(36)35-14-5-6-20(18-35)28(37,13-3-4-15-38-2)23-11-12-24(31)25(29)26(23)32/h11-12,19-22,33,37H,3-10,13-18H2,1-2H3,(H,34,36)/t19-,20-,21-,22+,28+/m1/s1. The third-order valence-corrected chi connectivity index (χ3v) is 8.56. The molecule has 38 heavy (non-hydrogen) atoms. The third-order valence-electron chi connectivity index (χ3n) is 8.21. The largest absolute Gasteiger partial charge is 0.385 e. The molecule has 0 unspecified atom stereocenters. The predicted molar refractivity (Wildman–Crippen MR) is 143 cm³/mol. The first kappa shape index (κ1) is 31.0. The lowest BCUT2D eigenvalue weighted by atomic mass is 9.74. The van der Waals surface area contributed by atoms with Gasteiger partial charge < -0.3 is 25.4 Å². The number of hydrogen-bond acceptors (Lipinski definition) is 4. The number of halogens is 4. The fourth-order valence-corrected chi connectivity index (χ4v) is 6.24. The molecule has 2 fully saturated rings. The van der Waals surface area contributed by atoms with Gasteiger partial charge in [0.25, 0.3) is 0 Å². The maximum Gasteiger partial charge on any atom is 0.317 e. The van der Waals surface area contributed by atoms with Crippen LogP contribution in [0.1, 0.15) is 69.8 Å². The lowest BCUT2D eigenvalue weighted by Crippen LogP contribution is -2.54. The molecule has 0 radical (unpaired) electrons. The van der Waals surface area contributed by atoms with Gasteiger partial charge in [-0.2, -0.15) is 0 Å². The summed E-state index contributed by atoms with van der Waals surface area (Å²) in [5.41, 5.74) is -1.66. The van der Waals surface area contributed by atoms with Crippen LogP contribution in [0.15, 0.2) is 12.1 Å². The summed E-state index contributed by atoms with van der Waals surface area (Å²) in [7, 11) is 3.43. The summed E-state index contributed by atoms with van der Waals surface area (Å²) in [6.07, 6.45) is 5.55. The van der Waals surface area contributed by atoms with Crippen molar-refractivity contribution in [1.82, 2.24) is 15.5 Å². The molecule has 1 heterocycles. The monoisotopic (exact) mass is 561 g/mol. The van der Waals surface area contributed by atoms with Gasteiger partial charge in [-0.05, 0) is 83.2 Å². The molecule has 10 heteroatoms. The number of nitrogens with one attached hydrogen (secondary N) is 2. The third kappa shape index (κ3) is 7.99. The number of aliphatic hydroxyl groups is 1. The van der Waals surface area contributed by atoms with Crippen LogP contribution in [0.4, 0.5) is 18.0 Å². The Morgan fingerprint density at radius 2 is 1.97 bits per heavy atom. The van der Waals surface area contributed by atoms with Crippen LogP contribution in [0.3, 0.4) is 0 Å². The van der Waals surface area contributed by atoms with Crippen LogP contribution in [-0.2, 0) is 10.3 Å². The van der Waals surface area contributed by atoms with Gasteiger partial charge in [-0.3, -0.25) is 0 Å². The Kier molecular flexibility index (Phi) is 12.0. The van der Waals surface area contributed by atoms with Gasteiger partial charge in [-0.1, -0.05) is 17.7 Å². The van der Waals surface area contributed by atoms with Gasteiger partial charge in [0.2, 0.25) is 0 Å². The second-order valence-electron chi connectivity index (χ2n) is 10.9. The van der Waals surface area contributed by atoms with Crippen molar-refractivity contribution in [2.45, 2.75) is 82.0 Å². The Balaban J connectivity index is 1.73. The molecule has 3 atom stereocenters. The van der Waals surface area contributed by atoms with E-state index in [0.717, 1.165) is 25.3 Å². The van der Waals surface area contributed by atoms with E-state index < -0.39 is 34.3 Å². The van der Waals surface area contributed by atoms with Gasteiger partial charge in [0.05, 0.1) is 5.60 Å². The lowest BCUT2D eigenvalue weighted by Gasteiger charge is -2.43. The number of ether oxygens (including phenoxy) is 1. The summed E-state index contributed by atoms with van der Waals surface area (Å²) in [5.74, 6) is -1.92. The molecule has 0 bridgehead atoms. The first-order chi connectivity index (χ1) is 18.2. The first-order valence-corrected chi connectivity index (χ1v) is 14.3. The minimum atomic E-state index is -1.62. The van der Waals surface area contributed by atoms with Crippen molar-refractivity contribution in [3.63, 3.8) is 0 Å². The fourth-order valence-electron chi connectivity index (χ4n) is 6.08. The number of carbonyl (C=O) groups is 1. The maximum absolute atomic E-state index is 15.2. The molecule has 1 saturated heterocycles. The topological polar surface area (TPSA) is 73.8 Å². The molecular weight excluding hydrogens is 519 g/mol. The van der Waals surface area contributed by atoms with Crippen molar-refractivity contribution in [3.8, 4) is 0 Å². The van der Waals surface area contributed by atoms with Gasteiger partial charge in [0.15, 0.2) is 5.82 Å². The van der Waals surface area contributed by atoms with E-state index in [-0.39, 0.29) is 30.6 Å². The molecule has 1 aliphatic heterocycles. The Bertz CT molecular complexity index is 904. The minimum absolute atomic E-state index is 0.0369.